The molecule has 1 aromatic rings. The molecule has 0 radical (unpaired) electrons. The molecular weight excluding hydrogens is 280 g/mol. The molecule has 1 rings (SSSR count). The first-order valence-corrected chi connectivity index (χ1v) is 9.93. The van der Waals surface area contributed by atoms with Crippen molar-refractivity contribution in [1.82, 2.24) is 0 Å². The molecule has 0 saturated heterocycles. The van der Waals surface area contributed by atoms with E-state index in [1.165, 1.54) is 5.56 Å². The Morgan fingerprint density at radius 1 is 1.19 bits per heavy atom. The maximum Gasteiger partial charge on any atom is 0.184 e. The summed E-state index contributed by atoms with van der Waals surface area (Å²) < 4.78 is 7.38. The smallest absolute Gasteiger partial charge is 0.184 e. The molecule has 1 unspecified atom stereocenters. The second-order valence-corrected chi connectivity index (χ2v) is 10.8. The van der Waals surface area contributed by atoms with Crippen molar-refractivity contribution in [3.63, 3.8) is 0 Å². The predicted molar refractivity (Wildman–Crippen MR) is 76.2 cm³/mol. The van der Waals surface area contributed by atoms with Gasteiger partial charge in [0.05, 0.1) is 6.10 Å². The van der Waals surface area contributed by atoms with Crippen LogP contribution in [0.2, 0.25) is 19.6 Å². The summed E-state index contributed by atoms with van der Waals surface area (Å²) in [6, 6.07) is 8.43. The first-order valence-electron chi connectivity index (χ1n) is 5.73. The van der Waals surface area contributed by atoms with Gasteiger partial charge in [0.2, 0.25) is 0 Å². The first kappa shape index (κ1) is 13.9. The maximum absolute atomic E-state index is 6.26. The lowest BCUT2D eigenvalue weighted by Crippen LogP contribution is -2.30. The highest BCUT2D eigenvalue weighted by molar-refractivity contribution is 9.10. The van der Waals surface area contributed by atoms with Gasteiger partial charge in [-0.1, -0.05) is 41.9 Å². The highest BCUT2D eigenvalue weighted by Crippen LogP contribution is 2.30. The Hall–Kier alpha value is -0.123. The van der Waals surface area contributed by atoms with Crippen molar-refractivity contribution < 1.29 is 4.43 Å². The topological polar surface area (TPSA) is 9.23 Å². The van der Waals surface area contributed by atoms with Gasteiger partial charge in [0.15, 0.2) is 8.32 Å². The molecule has 0 aromatic heterocycles. The molecule has 0 bridgehead atoms. The van der Waals surface area contributed by atoms with Gasteiger partial charge in [0.25, 0.3) is 0 Å². The molecule has 0 amide bonds. The molecule has 1 nitrogen and oxygen atoms in total. The number of hydrogen-bond donors (Lipinski definition) is 0. The summed E-state index contributed by atoms with van der Waals surface area (Å²) in [5, 5.41) is 0. The van der Waals surface area contributed by atoms with E-state index in [2.05, 4.69) is 73.7 Å². The number of benzene rings is 1. The summed E-state index contributed by atoms with van der Waals surface area (Å²) in [4.78, 5) is 0. The SMILES string of the molecule is CC(C)C(O[Si](C)(C)C)c1cccc(Br)c1. The van der Waals surface area contributed by atoms with Crippen molar-refractivity contribution in [2.24, 2.45) is 5.92 Å². The summed E-state index contributed by atoms with van der Waals surface area (Å²) >= 11 is 3.51. The van der Waals surface area contributed by atoms with Gasteiger partial charge in [-0.05, 0) is 43.3 Å². The fraction of sp³-hybridized carbons (Fsp3) is 0.538. The van der Waals surface area contributed by atoms with Crippen molar-refractivity contribution in [3.05, 3.63) is 34.3 Å². The van der Waals surface area contributed by atoms with Crippen molar-refractivity contribution in [3.8, 4) is 0 Å². The summed E-state index contributed by atoms with van der Waals surface area (Å²) in [7, 11) is -1.50. The van der Waals surface area contributed by atoms with Gasteiger partial charge in [-0.25, -0.2) is 0 Å². The zero-order valence-electron chi connectivity index (χ0n) is 10.8. The number of halogens is 1. The van der Waals surface area contributed by atoms with Gasteiger partial charge >= 0.3 is 0 Å². The minimum absolute atomic E-state index is 0.212. The van der Waals surface area contributed by atoms with Crippen LogP contribution in [0.25, 0.3) is 0 Å². The molecule has 0 saturated carbocycles. The standard InChI is InChI=1S/C13H21BrOSi/c1-10(2)13(15-16(3,4)5)11-7-6-8-12(14)9-11/h6-10,13H,1-5H3. The molecule has 0 aliphatic carbocycles. The molecule has 0 aliphatic rings. The van der Waals surface area contributed by atoms with Crippen molar-refractivity contribution >= 4 is 24.2 Å². The second-order valence-electron chi connectivity index (χ2n) is 5.45. The van der Waals surface area contributed by atoms with E-state index in [0.29, 0.717) is 5.92 Å². The summed E-state index contributed by atoms with van der Waals surface area (Å²) in [5.74, 6) is 0.501. The summed E-state index contributed by atoms with van der Waals surface area (Å²) in [5.41, 5.74) is 1.27. The number of hydrogen-bond acceptors (Lipinski definition) is 1. The Kier molecular flexibility index (Phi) is 4.77. The average Bonchev–Trinajstić information content (AvgIpc) is 2.12. The first-order chi connectivity index (χ1) is 7.29. The molecule has 16 heavy (non-hydrogen) atoms. The van der Waals surface area contributed by atoms with E-state index >= 15 is 0 Å². The zero-order valence-corrected chi connectivity index (χ0v) is 13.3. The van der Waals surface area contributed by atoms with E-state index < -0.39 is 8.32 Å². The van der Waals surface area contributed by atoms with Crippen LogP contribution in [-0.2, 0) is 4.43 Å². The third kappa shape index (κ3) is 4.40. The number of rotatable bonds is 4. The van der Waals surface area contributed by atoms with E-state index in [1.807, 2.05) is 0 Å². The van der Waals surface area contributed by atoms with E-state index in [0.717, 1.165) is 4.47 Å². The fourth-order valence-electron chi connectivity index (χ4n) is 1.65. The van der Waals surface area contributed by atoms with Gasteiger partial charge in [-0.3, -0.25) is 0 Å². The predicted octanol–water partition coefficient (Wildman–Crippen LogP) is 5.00. The fourth-order valence-corrected chi connectivity index (χ4v) is 3.24. The maximum atomic E-state index is 6.26. The average molecular weight is 301 g/mol. The monoisotopic (exact) mass is 300 g/mol. The molecule has 1 aromatic carbocycles. The van der Waals surface area contributed by atoms with Crippen LogP contribution < -0.4 is 0 Å². The quantitative estimate of drug-likeness (QED) is 0.711. The van der Waals surface area contributed by atoms with Crippen LogP contribution in [0.15, 0.2) is 28.7 Å². The van der Waals surface area contributed by atoms with Crippen LogP contribution in [0.3, 0.4) is 0 Å². The van der Waals surface area contributed by atoms with Crippen LogP contribution in [-0.4, -0.2) is 8.32 Å². The minimum Gasteiger partial charge on any atom is -0.410 e. The van der Waals surface area contributed by atoms with Crippen LogP contribution in [0.5, 0.6) is 0 Å². The van der Waals surface area contributed by atoms with Crippen molar-refractivity contribution in [1.29, 1.82) is 0 Å². The largest absolute Gasteiger partial charge is 0.410 e. The third-order valence-corrected chi connectivity index (χ3v) is 3.72. The van der Waals surface area contributed by atoms with E-state index in [-0.39, 0.29) is 6.10 Å². The lowest BCUT2D eigenvalue weighted by Gasteiger charge is -2.29. The Balaban J connectivity index is 2.94. The zero-order chi connectivity index (χ0) is 12.3. The lowest BCUT2D eigenvalue weighted by molar-refractivity contribution is 0.146. The molecule has 1 atom stereocenters. The lowest BCUT2D eigenvalue weighted by atomic mass is 9.99. The minimum atomic E-state index is -1.50. The molecular formula is C13H21BrOSi. The van der Waals surface area contributed by atoms with E-state index in [1.54, 1.807) is 0 Å². The Labute approximate surface area is 108 Å². The van der Waals surface area contributed by atoms with E-state index in [4.69, 9.17) is 4.43 Å². The van der Waals surface area contributed by atoms with Gasteiger partial charge in [-0.2, -0.15) is 0 Å². The molecule has 0 heterocycles. The van der Waals surface area contributed by atoms with Crippen LogP contribution in [0.1, 0.15) is 25.5 Å². The summed E-state index contributed by atoms with van der Waals surface area (Å²) in [6.45, 7) is 11.1. The highest BCUT2D eigenvalue weighted by Gasteiger charge is 2.24. The second kappa shape index (κ2) is 5.47. The van der Waals surface area contributed by atoms with Crippen LogP contribution in [0, 0.1) is 5.92 Å². The van der Waals surface area contributed by atoms with Crippen LogP contribution in [0.4, 0.5) is 0 Å². The molecule has 90 valence electrons. The van der Waals surface area contributed by atoms with Crippen LogP contribution >= 0.6 is 15.9 Å². The van der Waals surface area contributed by atoms with Gasteiger partial charge < -0.3 is 4.43 Å². The highest BCUT2D eigenvalue weighted by atomic mass is 79.9. The Bertz CT molecular complexity index is 344. The summed E-state index contributed by atoms with van der Waals surface area (Å²) in [6.07, 6.45) is 0.212. The Morgan fingerprint density at radius 2 is 1.81 bits per heavy atom. The molecule has 0 aliphatic heterocycles. The molecule has 0 spiro atoms. The van der Waals surface area contributed by atoms with Crippen molar-refractivity contribution in [2.75, 3.05) is 0 Å². The molecule has 0 fully saturated rings. The van der Waals surface area contributed by atoms with E-state index in [9.17, 15) is 0 Å². The van der Waals surface area contributed by atoms with Gasteiger partial charge in [-0.15, -0.1) is 0 Å². The Morgan fingerprint density at radius 3 is 2.25 bits per heavy atom. The van der Waals surface area contributed by atoms with Gasteiger partial charge in [0, 0.05) is 4.47 Å². The van der Waals surface area contributed by atoms with Crippen molar-refractivity contribution in [2.45, 2.75) is 39.6 Å². The molecule has 0 N–H and O–H groups in total. The van der Waals surface area contributed by atoms with Gasteiger partial charge in [0.1, 0.15) is 0 Å². The molecule has 3 heteroatoms. The normalized spacial score (nSPS) is 14.2. The third-order valence-electron chi connectivity index (χ3n) is 2.26.